The van der Waals surface area contributed by atoms with Crippen molar-refractivity contribution in [1.82, 2.24) is 4.90 Å². The minimum atomic E-state index is -0.254. The van der Waals surface area contributed by atoms with Crippen molar-refractivity contribution >= 4 is 12.4 Å². The molecule has 3 nitrogen and oxygen atoms in total. The molecular weight excluding hydrogens is 346 g/mol. The van der Waals surface area contributed by atoms with Crippen LogP contribution in [-0.4, -0.2) is 34.3 Å². The Morgan fingerprint density at radius 1 is 1.12 bits per heavy atom. The van der Waals surface area contributed by atoms with Gasteiger partial charge < -0.3 is 10.2 Å². The molecule has 26 heavy (non-hydrogen) atoms. The highest BCUT2D eigenvalue weighted by Crippen LogP contribution is 2.38. The number of rotatable bonds is 3. The first-order valence-electron chi connectivity index (χ1n) is 9.17. The van der Waals surface area contributed by atoms with Gasteiger partial charge in [-0.25, -0.2) is 0 Å². The Bertz CT molecular complexity index is 725. The molecule has 4 heteroatoms. The molecule has 1 heterocycles. The fraction of sp³-hybridized carbons (Fsp3) is 0.455. The highest BCUT2D eigenvalue weighted by molar-refractivity contribution is 5.85. The van der Waals surface area contributed by atoms with Crippen molar-refractivity contribution in [3.63, 3.8) is 0 Å². The molecule has 1 aliphatic rings. The number of nitrogens with zero attached hydrogens (tertiary/aromatic N) is 1. The molecule has 0 saturated carbocycles. The largest absolute Gasteiger partial charge is 0.507 e. The fourth-order valence-corrected chi connectivity index (χ4v) is 3.50. The standard InChI is InChI=1S/C22H29NO2.ClH/c1-22(2,3)18-12-17(14-23-11-7-10-19(24)15-23)21(25)20(13-18)16-8-5-4-6-9-16;/h4-6,8-9,12-13,19,24-25H,7,10-11,14-15H2,1-3H3;1H. The predicted molar refractivity (Wildman–Crippen MR) is 110 cm³/mol. The lowest BCUT2D eigenvalue weighted by Gasteiger charge is -2.31. The molecule has 0 radical (unpaired) electrons. The van der Waals surface area contributed by atoms with Crippen LogP contribution in [0.3, 0.4) is 0 Å². The van der Waals surface area contributed by atoms with Crippen molar-refractivity contribution in [2.45, 2.75) is 51.7 Å². The smallest absolute Gasteiger partial charge is 0.127 e. The molecule has 0 amide bonds. The van der Waals surface area contributed by atoms with Crippen LogP contribution in [-0.2, 0) is 12.0 Å². The molecule has 1 aliphatic heterocycles. The number of phenolic OH excluding ortho intramolecular Hbond substituents is 1. The zero-order chi connectivity index (χ0) is 18.0. The molecular formula is C22H30ClNO2. The molecule has 0 bridgehead atoms. The first-order chi connectivity index (χ1) is 11.8. The van der Waals surface area contributed by atoms with Crippen LogP contribution in [0.5, 0.6) is 5.75 Å². The van der Waals surface area contributed by atoms with Crippen LogP contribution in [0.4, 0.5) is 0 Å². The van der Waals surface area contributed by atoms with Crippen LogP contribution < -0.4 is 0 Å². The van der Waals surface area contributed by atoms with E-state index in [1.165, 1.54) is 5.56 Å². The average Bonchev–Trinajstić information content (AvgIpc) is 2.56. The third-order valence-electron chi connectivity index (χ3n) is 5.01. The van der Waals surface area contributed by atoms with Gasteiger partial charge in [-0.05, 0) is 42.0 Å². The van der Waals surface area contributed by atoms with E-state index in [1.54, 1.807) is 0 Å². The van der Waals surface area contributed by atoms with Gasteiger partial charge in [0.05, 0.1) is 6.10 Å². The van der Waals surface area contributed by atoms with E-state index in [4.69, 9.17) is 0 Å². The number of hydrogen-bond donors (Lipinski definition) is 2. The van der Waals surface area contributed by atoms with Gasteiger partial charge in [0.2, 0.25) is 0 Å². The number of benzene rings is 2. The molecule has 3 rings (SSSR count). The van der Waals surface area contributed by atoms with E-state index >= 15 is 0 Å². The molecule has 1 unspecified atom stereocenters. The second-order valence-electron chi connectivity index (χ2n) is 8.18. The fourth-order valence-electron chi connectivity index (χ4n) is 3.50. The normalized spacial score (nSPS) is 18.4. The number of aromatic hydroxyl groups is 1. The first-order valence-corrected chi connectivity index (χ1v) is 9.17. The number of piperidine rings is 1. The topological polar surface area (TPSA) is 43.7 Å². The number of aliphatic hydroxyl groups excluding tert-OH is 1. The minimum absolute atomic E-state index is 0. The summed E-state index contributed by atoms with van der Waals surface area (Å²) in [6.07, 6.45) is 1.63. The van der Waals surface area contributed by atoms with Gasteiger partial charge in [-0.15, -0.1) is 12.4 Å². The molecule has 2 aromatic carbocycles. The van der Waals surface area contributed by atoms with Crippen LogP contribution in [0.15, 0.2) is 42.5 Å². The summed E-state index contributed by atoms with van der Waals surface area (Å²) in [5.74, 6) is 0.360. The average molecular weight is 376 g/mol. The lowest BCUT2D eigenvalue weighted by Crippen LogP contribution is -2.37. The van der Waals surface area contributed by atoms with Gasteiger partial charge in [-0.2, -0.15) is 0 Å². The number of aliphatic hydroxyl groups is 1. The van der Waals surface area contributed by atoms with Crippen LogP contribution >= 0.6 is 12.4 Å². The molecule has 0 aliphatic carbocycles. The van der Waals surface area contributed by atoms with Crippen LogP contribution in [0, 0.1) is 0 Å². The van der Waals surface area contributed by atoms with Gasteiger partial charge in [0.15, 0.2) is 0 Å². The summed E-state index contributed by atoms with van der Waals surface area (Å²) in [5.41, 5.74) is 4.09. The van der Waals surface area contributed by atoms with Crippen LogP contribution in [0.2, 0.25) is 0 Å². The van der Waals surface area contributed by atoms with Crippen molar-refractivity contribution < 1.29 is 10.2 Å². The number of β-amino-alcohol motifs (C(OH)–C–C–N with tert-alkyl or cyclic N) is 1. The van der Waals surface area contributed by atoms with Gasteiger partial charge in [0.1, 0.15) is 5.75 Å². The summed E-state index contributed by atoms with van der Waals surface area (Å²) in [4.78, 5) is 2.24. The second kappa shape index (κ2) is 8.43. The highest BCUT2D eigenvalue weighted by atomic mass is 35.5. The van der Waals surface area contributed by atoms with Crippen molar-refractivity contribution in [2.24, 2.45) is 0 Å². The number of halogens is 1. The molecule has 0 aromatic heterocycles. The Morgan fingerprint density at radius 3 is 2.42 bits per heavy atom. The summed E-state index contributed by atoms with van der Waals surface area (Å²) < 4.78 is 0. The lowest BCUT2D eigenvalue weighted by molar-refractivity contribution is 0.0664. The molecule has 1 atom stereocenters. The maximum absolute atomic E-state index is 10.9. The Labute approximate surface area is 163 Å². The predicted octanol–water partition coefficient (Wildman–Crippen LogP) is 4.74. The van der Waals surface area contributed by atoms with Crippen LogP contribution in [0.1, 0.15) is 44.7 Å². The number of likely N-dealkylation sites (tertiary alicyclic amines) is 1. The van der Waals surface area contributed by atoms with E-state index in [2.05, 4.69) is 37.8 Å². The van der Waals surface area contributed by atoms with Gasteiger partial charge in [0.25, 0.3) is 0 Å². The lowest BCUT2D eigenvalue weighted by atomic mass is 9.83. The van der Waals surface area contributed by atoms with Crippen molar-refractivity contribution in [3.05, 3.63) is 53.6 Å². The maximum Gasteiger partial charge on any atom is 0.127 e. The number of phenols is 1. The van der Waals surface area contributed by atoms with Crippen molar-refractivity contribution in [1.29, 1.82) is 0 Å². The SMILES string of the molecule is CC(C)(C)c1cc(CN2CCCC(O)C2)c(O)c(-c2ccccc2)c1.Cl. The first kappa shape index (κ1) is 20.8. The van der Waals surface area contributed by atoms with E-state index < -0.39 is 0 Å². The maximum atomic E-state index is 10.9. The molecule has 1 fully saturated rings. The quantitative estimate of drug-likeness (QED) is 0.814. The second-order valence-corrected chi connectivity index (χ2v) is 8.18. The third kappa shape index (κ3) is 4.79. The molecule has 1 saturated heterocycles. The Hall–Kier alpha value is -1.55. The van der Waals surface area contributed by atoms with Crippen molar-refractivity contribution in [3.8, 4) is 16.9 Å². The van der Waals surface area contributed by atoms with Gasteiger partial charge in [0, 0.05) is 24.2 Å². The minimum Gasteiger partial charge on any atom is -0.507 e. The summed E-state index contributed by atoms with van der Waals surface area (Å²) in [6, 6.07) is 14.3. The Morgan fingerprint density at radius 2 is 1.81 bits per heavy atom. The summed E-state index contributed by atoms with van der Waals surface area (Å²) >= 11 is 0. The molecule has 2 aromatic rings. The summed E-state index contributed by atoms with van der Waals surface area (Å²) in [6.45, 7) is 8.91. The number of hydrogen-bond acceptors (Lipinski definition) is 3. The van der Waals surface area contributed by atoms with Crippen molar-refractivity contribution in [2.75, 3.05) is 13.1 Å². The van der Waals surface area contributed by atoms with Gasteiger partial charge in [-0.3, -0.25) is 4.90 Å². The highest BCUT2D eigenvalue weighted by Gasteiger charge is 2.23. The summed E-state index contributed by atoms with van der Waals surface area (Å²) in [7, 11) is 0. The Balaban J connectivity index is 0.00000243. The van der Waals surface area contributed by atoms with E-state index in [0.717, 1.165) is 36.1 Å². The van der Waals surface area contributed by atoms with E-state index in [-0.39, 0.29) is 23.9 Å². The molecule has 0 spiro atoms. The molecule has 2 N–H and O–H groups in total. The summed E-state index contributed by atoms with van der Waals surface area (Å²) in [5, 5.41) is 20.9. The monoisotopic (exact) mass is 375 g/mol. The van der Waals surface area contributed by atoms with Gasteiger partial charge >= 0.3 is 0 Å². The van der Waals surface area contributed by atoms with E-state index in [1.807, 2.05) is 30.3 Å². The molecule has 142 valence electrons. The van der Waals surface area contributed by atoms with Gasteiger partial charge in [-0.1, -0.05) is 57.2 Å². The zero-order valence-electron chi connectivity index (χ0n) is 15.9. The van der Waals surface area contributed by atoms with E-state index in [0.29, 0.717) is 18.8 Å². The van der Waals surface area contributed by atoms with Crippen LogP contribution in [0.25, 0.3) is 11.1 Å². The third-order valence-corrected chi connectivity index (χ3v) is 5.01. The Kier molecular flexibility index (Phi) is 6.73. The van der Waals surface area contributed by atoms with E-state index in [9.17, 15) is 10.2 Å². The zero-order valence-corrected chi connectivity index (χ0v) is 16.7.